The quantitative estimate of drug-likeness (QED) is 0.357. The Morgan fingerprint density at radius 2 is 2.03 bits per heavy atom. The maximum absolute atomic E-state index is 12.2. The van der Waals surface area contributed by atoms with Crippen LogP contribution in [0.5, 0.6) is 0 Å². The summed E-state index contributed by atoms with van der Waals surface area (Å²) < 4.78 is 11.8. The number of benzene rings is 1. The van der Waals surface area contributed by atoms with Crippen molar-refractivity contribution in [2.24, 2.45) is 5.92 Å². The zero-order valence-electron chi connectivity index (χ0n) is 16.6. The smallest absolute Gasteiger partial charge is 0.294 e. The zero-order valence-corrected chi connectivity index (χ0v) is 17.3. The maximum Gasteiger partial charge on any atom is 0.294 e. The number of hydrogen-bond donors (Lipinski definition) is 2. The van der Waals surface area contributed by atoms with Gasteiger partial charge in [-0.05, 0) is 38.0 Å². The predicted octanol–water partition coefficient (Wildman–Crippen LogP) is 2.64. The second kappa shape index (κ2) is 9.11. The Morgan fingerprint density at radius 1 is 1.31 bits per heavy atom. The van der Waals surface area contributed by atoms with Gasteiger partial charge in [0, 0.05) is 37.6 Å². The van der Waals surface area contributed by atoms with Gasteiger partial charge in [-0.3, -0.25) is 14.9 Å². The van der Waals surface area contributed by atoms with E-state index in [0.29, 0.717) is 37.0 Å². The van der Waals surface area contributed by atoms with Crippen molar-refractivity contribution in [3.63, 3.8) is 0 Å². The van der Waals surface area contributed by atoms with Gasteiger partial charge >= 0.3 is 0 Å². The molecule has 1 heterocycles. The van der Waals surface area contributed by atoms with Gasteiger partial charge in [-0.1, -0.05) is 23.7 Å². The molecule has 2 bridgehead atoms. The first kappa shape index (κ1) is 21.5. The number of Topliss-reactive ketones (excluding diaryl/α,β-unsaturated/α-hetero) is 1. The number of carbonyl (C=O) groups is 1. The first-order valence-corrected chi connectivity index (χ1v) is 10.2. The fraction of sp³-hybridized carbons (Fsp3) is 0.550. The summed E-state index contributed by atoms with van der Waals surface area (Å²) in [4.78, 5) is 23.8. The molecule has 8 nitrogen and oxygen atoms in total. The van der Waals surface area contributed by atoms with Crippen LogP contribution in [0.2, 0.25) is 5.02 Å². The Labute approximate surface area is 174 Å². The highest BCUT2D eigenvalue weighted by Crippen LogP contribution is 2.44. The molecule has 2 N–H and O–H groups in total. The molecule has 1 fully saturated rings. The van der Waals surface area contributed by atoms with E-state index in [9.17, 15) is 14.9 Å². The van der Waals surface area contributed by atoms with Crippen LogP contribution in [0.4, 0.5) is 0 Å². The third-order valence-electron chi connectivity index (χ3n) is 5.28. The van der Waals surface area contributed by atoms with Crippen molar-refractivity contribution in [3.8, 4) is 0 Å². The molecule has 0 spiro atoms. The topological polar surface area (TPSA) is 103 Å². The van der Waals surface area contributed by atoms with Gasteiger partial charge in [0.25, 0.3) is 5.70 Å². The van der Waals surface area contributed by atoms with Crippen LogP contribution in [-0.4, -0.2) is 42.3 Å². The molecule has 1 aromatic carbocycles. The molecule has 2 unspecified atom stereocenters. The molecular weight excluding hydrogens is 398 g/mol. The number of ketones is 1. The third kappa shape index (κ3) is 4.39. The fourth-order valence-corrected chi connectivity index (χ4v) is 4.42. The summed E-state index contributed by atoms with van der Waals surface area (Å²) in [5.74, 6) is -1.72. The van der Waals surface area contributed by atoms with Gasteiger partial charge in [0.15, 0.2) is 5.82 Å². The predicted molar refractivity (Wildman–Crippen MR) is 108 cm³/mol. The van der Waals surface area contributed by atoms with Crippen LogP contribution in [0.25, 0.3) is 0 Å². The van der Waals surface area contributed by atoms with Gasteiger partial charge in [-0.2, -0.15) is 0 Å². The molecule has 1 aliphatic carbocycles. The van der Waals surface area contributed by atoms with E-state index in [-0.39, 0.29) is 24.3 Å². The van der Waals surface area contributed by atoms with E-state index >= 15 is 0 Å². The summed E-state index contributed by atoms with van der Waals surface area (Å²) in [6.07, 6.45) is 0.863. The monoisotopic (exact) mass is 423 g/mol. The second-order valence-electron chi connectivity index (χ2n) is 7.11. The lowest BCUT2D eigenvalue weighted by atomic mass is 9.74. The summed E-state index contributed by atoms with van der Waals surface area (Å²) in [6, 6.07) is 6.99. The van der Waals surface area contributed by atoms with Gasteiger partial charge in [0.2, 0.25) is 5.79 Å². The molecule has 2 aliphatic rings. The highest BCUT2D eigenvalue weighted by Gasteiger charge is 2.61. The summed E-state index contributed by atoms with van der Waals surface area (Å²) in [7, 11) is 0. The molecule has 0 aromatic heterocycles. The molecule has 1 saturated carbocycles. The molecule has 3 rings (SSSR count). The van der Waals surface area contributed by atoms with Crippen molar-refractivity contribution in [3.05, 3.63) is 56.5 Å². The van der Waals surface area contributed by atoms with E-state index in [1.54, 1.807) is 6.07 Å². The Morgan fingerprint density at radius 3 is 2.66 bits per heavy atom. The number of fused-ring (bicyclic) bond motifs is 2. The summed E-state index contributed by atoms with van der Waals surface area (Å²) in [5, 5.41) is 18.9. The van der Waals surface area contributed by atoms with Gasteiger partial charge in [-0.25, -0.2) is 0 Å². The van der Waals surface area contributed by atoms with Gasteiger partial charge in [0.05, 0.1) is 11.0 Å². The Hall–Kier alpha value is -2.16. The Kier molecular flexibility index (Phi) is 6.77. The van der Waals surface area contributed by atoms with Crippen LogP contribution >= 0.6 is 11.6 Å². The molecule has 1 aromatic rings. The van der Waals surface area contributed by atoms with Crippen molar-refractivity contribution in [1.29, 1.82) is 0 Å². The van der Waals surface area contributed by atoms with Crippen LogP contribution < -0.4 is 10.6 Å². The summed E-state index contributed by atoms with van der Waals surface area (Å²) >= 11 is 6.02. The molecule has 1 aliphatic heterocycles. The molecule has 158 valence electrons. The highest BCUT2D eigenvalue weighted by atomic mass is 35.5. The SMILES string of the molecule is CCOC1(OCC)C2CC(=O)CC1C([N+](=O)[O-])=C(NCCc1cccc(Cl)c1)N2. The van der Waals surface area contributed by atoms with Crippen molar-refractivity contribution in [2.75, 3.05) is 19.8 Å². The number of nitro groups is 1. The number of nitrogens with zero attached hydrogens (tertiary/aromatic N) is 1. The molecule has 2 atom stereocenters. The zero-order chi connectivity index (χ0) is 21.0. The van der Waals surface area contributed by atoms with E-state index < -0.39 is 22.7 Å². The number of nitrogens with one attached hydrogen (secondary N) is 2. The highest BCUT2D eigenvalue weighted by molar-refractivity contribution is 6.30. The standard InChI is InChI=1S/C20H26ClN3O5/c1-3-28-20(29-4-2)16-11-15(25)12-17(20)23-19(18(16)24(26)27)22-9-8-13-6-5-7-14(21)10-13/h5-7,10,16-17,22-23H,3-4,8-9,11-12H2,1-2H3. The van der Waals surface area contributed by atoms with Crippen LogP contribution in [-0.2, 0) is 20.7 Å². The van der Waals surface area contributed by atoms with Crippen LogP contribution in [0.3, 0.4) is 0 Å². The molecule has 0 saturated heterocycles. The molecule has 0 amide bonds. The summed E-state index contributed by atoms with van der Waals surface area (Å²) in [5.41, 5.74) is 0.930. The lowest BCUT2D eigenvalue weighted by molar-refractivity contribution is -0.452. The molecule has 0 radical (unpaired) electrons. The van der Waals surface area contributed by atoms with Crippen molar-refractivity contribution < 1.29 is 19.2 Å². The van der Waals surface area contributed by atoms with Crippen LogP contribution in [0, 0.1) is 16.0 Å². The minimum atomic E-state index is -1.22. The van der Waals surface area contributed by atoms with Crippen molar-refractivity contribution in [2.45, 2.75) is 44.9 Å². The van der Waals surface area contributed by atoms with Gasteiger partial charge in [0.1, 0.15) is 11.7 Å². The van der Waals surface area contributed by atoms with Crippen LogP contribution in [0.1, 0.15) is 32.3 Å². The normalized spacial score (nSPS) is 22.9. The molecular formula is C20H26ClN3O5. The first-order valence-electron chi connectivity index (χ1n) is 9.84. The van der Waals surface area contributed by atoms with Crippen molar-refractivity contribution in [1.82, 2.24) is 10.6 Å². The van der Waals surface area contributed by atoms with E-state index in [1.807, 2.05) is 32.0 Å². The lowest BCUT2D eigenvalue weighted by Gasteiger charge is -2.49. The van der Waals surface area contributed by atoms with Gasteiger partial charge in [-0.15, -0.1) is 0 Å². The van der Waals surface area contributed by atoms with Crippen LogP contribution in [0.15, 0.2) is 35.8 Å². The minimum absolute atomic E-state index is 0.0218. The number of halogens is 1. The Balaban J connectivity index is 1.88. The molecule has 29 heavy (non-hydrogen) atoms. The Bertz CT molecular complexity index is 807. The first-order chi connectivity index (χ1) is 13.9. The largest absolute Gasteiger partial charge is 0.366 e. The third-order valence-corrected chi connectivity index (χ3v) is 5.52. The van der Waals surface area contributed by atoms with Crippen molar-refractivity contribution >= 4 is 17.4 Å². The van der Waals surface area contributed by atoms with E-state index in [2.05, 4.69) is 10.6 Å². The van der Waals surface area contributed by atoms with E-state index in [4.69, 9.17) is 21.1 Å². The lowest BCUT2D eigenvalue weighted by Crippen LogP contribution is -2.67. The average molecular weight is 424 g/mol. The second-order valence-corrected chi connectivity index (χ2v) is 7.54. The maximum atomic E-state index is 12.2. The number of rotatable bonds is 9. The van der Waals surface area contributed by atoms with E-state index in [0.717, 1.165) is 5.56 Å². The molecule has 9 heteroatoms. The number of carbonyl (C=O) groups excluding carboxylic acids is 1. The number of ether oxygens (including phenoxy) is 2. The summed E-state index contributed by atoms with van der Waals surface area (Å²) in [6.45, 7) is 4.75. The van der Waals surface area contributed by atoms with Gasteiger partial charge < -0.3 is 20.1 Å². The fourth-order valence-electron chi connectivity index (χ4n) is 4.21. The minimum Gasteiger partial charge on any atom is -0.366 e. The number of hydrogen-bond acceptors (Lipinski definition) is 7. The average Bonchev–Trinajstić information content (AvgIpc) is 2.64. The van der Waals surface area contributed by atoms with E-state index in [1.165, 1.54) is 0 Å².